The molecule has 0 aliphatic rings. The van der Waals surface area contributed by atoms with E-state index in [9.17, 15) is 14.9 Å². The lowest BCUT2D eigenvalue weighted by Crippen LogP contribution is -2.12. The van der Waals surface area contributed by atoms with Gasteiger partial charge in [0.1, 0.15) is 5.01 Å². The fraction of sp³-hybridized carbons (Fsp3) is 0.250. The third-order valence-corrected chi connectivity index (χ3v) is 3.63. The molecule has 0 saturated heterocycles. The van der Waals surface area contributed by atoms with Gasteiger partial charge in [0.05, 0.1) is 4.92 Å². The van der Waals surface area contributed by atoms with Crippen LogP contribution in [0, 0.1) is 17.0 Å². The molecule has 0 aliphatic carbocycles. The molecule has 1 aromatic carbocycles. The number of aryl methyl sites for hydroxylation is 2. The fourth-order valence-electron chi connectivity index (χ4n) is 1.62. The van der Waals surface area contributed by atoms with Gasteiger partial charge in [0.25, 0.3) is 11.6 Å². The number of nitro benzene ring substituents is 1. The van der Waals surface area contributed by atoms with E-state index in [4.69, 9.17) is 0 Å². The third-order valence-electron chi connectivity index (χ3n) is 2.65. The van der Waals surface area contributed by atoms with E-state index < -0.39 is 4.92 Å². The highest BCUT2D eigenvalue weighted by Crippen LogP contribution is 2.20. The van der Waals surface area contributed by atoms with Crippen LogP contribution in [0.1, 0.15) is 27.9 Å². The minimum absolute atomic E-state index is 0.00858. The second-order valence-electron chi connectivity index (χ2n) is 4.07. The van der Waals surface area contributed by atoms with E-state index in [2.05, 4.69) is 15.5 Å². The van der Waals surface area contributed by atoms with Gasteiger partial charge in [0, 0.05) is 17.2 Å². The second-order valence-corrected chi connectivity index (χ2v) is 5.13. The highest BCUT2D eigenvalue weighted by atomic mass is 32.1. The first-order valence-electron chi connectivity index (χ1n) is 5.90. The number of amides is 1. The zero-order valence-corrected chi connectivity index (χ0v) is 11.7. The largest absolute Gasteiger partial charge is 0.296 e. The van der Waals surface area contributed by atoms with Crippen LogP contribution in [-0.4, -0.2) is 21.0 Å². The predicted octanol–water partition coefficient (Wildman–Crippen LogP) is 2.57. The summed E-state index contributed by atoms with van der Waals surface area (Å²) in [5.41, 5.74) is 0.779. The molecule has 1 N–H and O–H groups in total. The standard InChI is InChI=1S/C12H12N4O3S/c1-3-10-14-15-12(20-10)13-11(17)8-4-5-9(16(18)19)7(2)6-8/h4-6H,3H2,1-2H3,(H,13,15,17). The van der Waals surface area contributed by atoms with E-state index >= 15 is 0 Å². The average molecular weight is 292 g/mol. The monoisotopic (exact) mass is 292 g/mol. The van der Waals surface area contributed by atoms with Crippen LogP contribution in [0.3, 0.4) is 0 Å². The van der Waals surface area contributed by atoms with E-state index in [1.807, 2.05) is 6.92 Å². The van der Waals surface area contributed by atoms with Crippen molar-refractivity contribution in [1.82, 2.24) is 10.2 Å². The summed E-state index contributed by atoms with van der Waals surface area (Å²) in [4.78, 5) is 22.2. The Morgan fingerprint density at radius 2 is 2.20 bits per heavy atom. The van der Waals surface area contributed by atoms with Gasteiger partial charge in [-0.15, -0.1) is 10.2 Å². The minimum atomic E-state index is -0.477. The third kappa shape index (κ3) is 2.97. The predicted molar refractivity (Wildman–Crippen MR) is 75.1 cm³/mol. The number of nitro groups is 1. The first-order chi connectivity index (χ1) is 9.51. The Kier molecular flexibility index (Phi) is 4.04. The molecule has 0 fully saturated rings. The van der Waals surface area contributed by atoms with E-state index in [1.165, 1.54) is 29.5 Å². The van der Waals surface area contributed by atoms with Crippen LogP contribution in [0.15, 0.2) is 18.2 Å². The molecular formula is C12H12N4O3S. The van der Waals surface area contributed by atoms with Gasteiger partial charge in [-0.1, -0.05) is 18.3 Å². The van der Waals surface area contributed by atoms with Crippen molar-refractivity contribution in [3.63, 3.8) is 0 Å². The lowest BCUT2D eigenvalue weighted by molar-refractivity contribution is -0.385. The van der Waals surface area contributed by atoms with Gasteiger partial charge in [0.15, 0.2) is 0 Å². The van der Waals surface area contributed by atoms with Crippen LogP contribution in [0.5, 0.6) is 0 Å². The van der Waals surface area contributed by atoms with Crippen LogP contribution in [0.25, 0.3) is 0 Å². The fourth-order valence-corrected chi connectivity index (χ4v) is 2.29. The first-order valence-corrected chi connectivity index (χ1v) is 6.71. The Morgan fingerprint density at radius 1 is 1.45 bits per heavy atom. The quantitative estimate of drug-likeness (QED) is 0.689. The van der Waals surface area contributed by atoms with E-state index in [0.717, 1.165) is 11.4 Å². The number of hydrogen-bond acceptors (Lipinski definition) is 6. The number of benzene rings is 1. The van der Waals surface area contributed by atoms with Crippen molar-refractivity contribution in [3.8, 4) is 0 Å². The molecule has 2 aromatic rings. The molecule has 0 unspecified atom stereocenters. The Hall–Kier alpha value is -2.35. The summed E-state index contributed by atoms with van der Waals surface area (Å²) < 4.78 is 0. The molecule has 20 heavy (non-hydrogen) atoms. The first kappa shape index (κ1) is 14.1. The van der Waals surface area contributed by atoms with Crippen LogP contribution in [-0.2, 0) is 6.42 Å². The van der Waals surface area contributed by atoms with Crippen molar-refractivity contribution in [2.24, 2.45) is 0 Å². The van der Waals surface area contributed by atoms with Gasteiger partial charge in [-0.05, 0) is 25.5 Å². The molecular weight excluding hydrogens is 280 g/mol. The Bertz CT molecular complexity index is 668. The number of hydrogen-bond donors (Lipinski definition) is 1. The number of nitrogens with zero attached hydrogens (tertiary/aromatic N) is 3. The molecule has 0 saturated carbocycles. The maximum atomic E-state index is 12.0. The van der Waals surface area contributed by atoms with Crippen molar-refractivity contribution in [2.75, 3.05) is 5.32 Å². The molecule has 0 atom stereocenters. The van der Waals surface area contributed by atoms with Crippen molar-refractivity contribution >= 4 is 28.1 Å². The summed E-state index contributed by atoms with van der Waals surface area (Å²) in [5.74, 6) is -0.359. The molecule has 1 heterocycles. The maximum absolute atomic E-state index is 12.0. The van der Waals surface area contributed by atoms with Crippen molar-refractivity contribution in [1.29, 1.82) is 0 Å². The number of aromatic nitrogens is 2. The number of anilines is 1. The highest BCUT2D eigenvalue weighted by Gasteiger charge is 2.15. The van der Waals surface area contributed by atoms with Gasteiger partial charge < -0.3 is 0 Å². The van der Waals surface area contributed by atoms with Crippen LogP contribution in [0.4, 0.5) is 10.8 Å². The Morgan fingerprint density at radius 3 is 2.75 bits per heavy atom. The zero-order valence-electron chi connectivity index (χ0n) is 10.9. The summed E-state index contributed by atoms with van der Waals surface area (Å²) in [7, 11) is 0. The lowest BCUT2D eigenvalue weighted by Gasteiger charge is -2.03. The molecule has 0 radical (unpaired) electrons. The number of rotatable bonds is 4. The summed E-state index contributed by atoms with van der Waals surface area (Å²) >= 11 is 1.31. The SMILES string of the molecule is CCc1nnc(NC(=O)c2ccc([N+](=O)[O-])c(C)c2)s1. The minimum Gasteiger partial charge on any atom is -0.296 e. The van der Waals surface area contributed by atoms with Crippen molar-refractivity contribution < 1.29 is 9.72 Å². The maximum Gasteiger partial charge on any atom is 0.272 e. The lowest BCUT2D eigenvalue weighted by atomic mass is 10.1. The molecule has 1 amide bonds. The van der Waals surface area contributed by atoms with Gasteiger partial charge in [0.2, 0.25) is 5.13 Å². The van der Waals surface area contributed by atoms with Crippen LogP contribution in [0.2, 0.25) is 0 Å². The number of nitrogens with one attached hydrogen (secondary N) is 1. The molecule has 0 bridgehead atoms. The van der Waals surface area contributed by atoms with E-state index in [1.54, 1.807) is 6.92 Å². The number of carbonyl (C=O) groups excluding carboxylic acids is 1. The van der Waals surface area contributed by atoms with Crippen molar-refractivity contribution in [3.05, 3.63) is 44.4 Å². The topological polar surface area (TPSA) is 98.0 Å². The molecule has 0 aliphatic heterocycles. The summed E-state index contributed by atoms with van der Waals surface area (Å²) in [5, 5.41) is 22.3. The Labute approximate surface area is 118 Å². The van der Waals surface area contributed by atoms with Gasteiger partial charge >= 0.3 is 0 Å². The van der Waals surface area contributed by atoms with E-state index in [0.29, 0.717) is 16.3 Å². The molecule has 2 rings (SSSR count). The smallest absolute Gasteiger partial charge is 0.272 e. The second kappa shape index (κ2) is 5.74. The van der Waals surface area contributed by atoms with Gasteiger partial charge in [-0.25, -0.2) is 0 Å². The molecule has 104 valence electrons. The average Bonchev–Trinajstić information content (AvgIpc) is 2.85. The summed E-state index contributed by atoms with van der Waals surface area (Å²) in [6.07, 6.45) is 0.754. The Balaban J connectivity index is 2.17. The molecule has 7 nitrogen and oxygen atoms in total. The van der Waals surface area contributed by atoms with Gasteiger partial charge in [-0.3, -0.25) is 20.2 Å². The number of carbonyl (C=O) groups is 1. The molecule has 1 aromatic heterocycles. The van der Waals surface area contributed by atoms with Crippen LogP contribution >= 0.6 is 11.3 Å². The zero-order chi connectivity index (χ0) is 14.7. The molecule has 8 heteroatoms. The van der Waals surface area contributed by atoms with E-state index in [-0.39, 0.29) is 11.6 Å². The summed E-state index contributed by atoms with van der Waals surface area (Å²) in [6.45, 7) is 3.54. The van der Waals surface area contributed by atoms with Gasteiger partial charge in [-0.2, -0.15) is 0 Å². The van der Waals surface area contributed by atoms with Crippen LogP contribution < -0.4 is 5.32 Å². The highest BCUT2D eigenvalue weighted by molar-refractivity contribution is 7.15. The summed E-state index contributed by atoms with van der Waals surface area (Å²) in [6, 6.07) is 4.22. The normalized spacial score (nSPS) is 10.3. The molecule has 0 spiro atoms. The van der Waals surface area contributed by atoms with Crippen molar-refractivity contribution in [2.45, 2.75) is 20.3 Å².